The van der Waals surface area contributed by atoms with Gasteiger partial charge in [0.1, 0.15) is 11.6 Å². The Kier molecular flexibility index (Phi) is 4.00. The second-order valence-corrected chi connectivity index (χ2v) is 6.93. The van der Waals surface area contributed by atoms with Crippen molar-refractivity contribution in [2.45, 2.75) is 32.2 Å². The summed E-state index contributed by atoms with van der Waals surface area (Å²) < 4.78 is 17.8. The molecule has 0 radical (unpaired) electrons. The lowest BCUT2D eigenvalue weighted by Crippen LogP contribution is -2.24. The molecule has 0 N–H and O–H groups in total. The number of rotatable bonds is 2. The average Bonchev–Trinajstić information content (AvgIpc) is 3.04. The number of aromatic nitrogens is 2. The third-order valence-electron chi connectivity index (χ3n) is 5.11. The Labute approximate surface area is 160 Å². The topological polar surface area (TPSA) is 79.7 Å². The molecule has 0 spiro atoms. The molecular weight excluding hydrogens is 360 g/mol. The highest BCUT2D eigenvalue weighted by atomic mass is 16.7. The summed E-state index contributed by atoms with van der Waals surface area (Å²) in [6.45, 7) is 0.855. The molecule has 0 aliphatic carbocycles. The molecule has 3 aromatic rings. The first kappa shape index (κ1) is 16.8. The quantitative estimate of drug-likeness (QED) is 0.504. The summed E-state index contributed by atoms with van der Waals surface area (Å²) in [5.41, 5.74) is 0.825. The van der Waals surface area contributed by atoms with Gasteiger partial charge in [-0.05, 0) is 43.2 Å². The highest BCUT2D eigenvalue weighted by molar-refractivity contribution is 5.95. The van der Waals surface area contributed by atoms with Crippen molar-refractivity contribution in [1.29, 1.82) is 0 Å². The summed E-state index contributed by atoms with van der Waals surface area (Å²) in [6.07, 6.45) is 3.87. The number of aryl methyl sites for hydroxylation is 1. The van der Waals surface area contributed by atoms with Gasteiger partial charge in [-0.25, -0.2) is 9.78 Å². The third-order valence-corrected chi connectivity index (χ3v) is 5.11. The van der Waals surface area contributed by atoms with Gasteiger partial charge >= 0.3 is 5.97 Å². The van der Waals surface area contributed by atoms with Crippen LogP contribution in [0.2, 0.25) is 0 Å². The molecule has 2 aliphatic heterocycles. The van der Waals surface area contributed by atoms with Gasteiger partial charge in [0.15, 0.2) is 11.5 Å². The highest BCUT2D eigenvalue weighted by Gasteiger charge is 2.18. The molecule has 0 bridgehead atoms. The van der Waals surface area contributed by atoms with Gasteiger partial charge in [0.05, 0.1) is 16.5 Å². The van der Waals surface area contributed by atoms with E-state index in [4.69, 9.17) is 14.2 Å². The van der Waals surface area contributed by atoms with Crippen LogP contribution in [0.1, 0.15) is 35.4 Å². The van der Waals surface area contributed by atoms with Crippen molar-refractivity contribution >= 4 is 16.9 Å². The van der Waals surface area contributed by atoms with Crippen LogP contribution in [-0.4, -0.2) is 22.3 Å². The van der Waals surface area contributed by atoms with Crippen molar-refractivity contribution in [3.63, 3.8) is 0 Å². The van der Waals surface area contributed by atoms with E-state index in [2.05, 4.69) is 4.98 Å². The largest absolute Gasteiger partial charge is 0.454 e. The van der Waals surface area contributed by atoms with Crippen molar-refractivity contribution in [2.75, 3.05) is 6.79 Å². The number of carbonyl (C=O) groups excluding carboxylic acids is 1. The molecule has 0 saturated heterocycles. The first-order valence-electron chi connectivity index (χ1n) is 9.34. The fraction of sp³-hybridized carbons (Fsp3) is 0.286. The predicted octanol–water partition coefficient (Wildman–Crippen LogP) is 3.07. The van der Waals surface area contributed by atoms with E-state index in [9.17, 15) is 9.59 Å². The Morgan fingerprint density at radius 1 is 1.04 bits per heavy atom. The standard InChI is InChI=1S/C21H18N2O5/c24-20-15-7-5-13(10-16(15)22-19-4-2-1-3-9-23(19)20)21(25)28-14-6-8-17-18(11-14)27-12-26-17/h5-8,10-11H,1-4,9,12H2. The molecule has 0 unspecified atom stereocenters. The number of esters is 1. The number of carbonyl (C=O) groups is 1. The van der Waals surface area contributed by atoms with Crippen LogP contribution in [0.3, 0.4) is 0 Å². The molecule has 2 aliphatic rings. The smallest absolute Gasteiger partial charge is 0.343 e. The number of fused-ring (bicyclic) bond motifs is 3. The SMILES string of the molecule is O=C(Oc1ccc2c(c1)OCO2)c1ccc2c(=O)n3c(nc2c1)CCCCC3. The highest BCUT2D eigenvalue weighted by Crippen LogP contribution is 2.35. The molecular formula is C21H18N2O5. The van der Waals surface area contributed by atoms with Crippen LogP contribution in [0.5, 0.6) is 17.2 Å². The van der Waals surface area contributed by atoms with Crippen LogP contribution in [0.15, 0.2) is 41.2 Å². The Bertz CT molecular complexity index is 1150. The van der Waals surface area contributed by atoms with Crippen LogP contribution in [0, 0.1) is 0 Å². The first-order chi connectivity index (χ1) is 13.7. The van der Waals surface area contributed by atoms with Crippen LogP contribution in [-0.2, 0) is 13.0 Å². The minimum atomic E-state index is -0.516. The maximum absolute atomic E-state index is 12.8. The first-order valence-corrected chi connectivity index (χ1v) is 9.34. The summed E-state index contributed by atoms with van der Waals surface area (Å²) in [5, 5.41) is 0.519. The summed E-state index contributed by atoms with van der Waals surface area (Å²) in [5.74, 6) is 1.80. The Hall–Kier alpha value is -3.35. The fourth-order valence-electron chi connectivity index (χ4n) is 3.65. The lowest BCUT2D eigenvalue weighted by atomic mass is 10.1. The van der Waals surface area contributed by atoms with Gasteiger partial charge in [0.25, 0.3) is 5.56 Å². The van der Waals surface area contributed by atoms with Gasteiger partial charge < -0.3 is 14.2 Å². The van der Waals surface area contributed by atoms with E-state index in [0.29, 0.717) is 40.3 Å². The van der Waals surface area contributed by atoms with E-state index in [1.54, 1.807) is 41.0 Å². The summed E-state index contributed by atoms with van der Waals surface area (Å²) in [7, 11) is 0. The predicted molar refractivity (Wildman–Crippen MR) is 101 cm³/mol. The van der Waals surface area contributed by atoms with Gasteiger partial charge in [-0.2, -0.15) is 0 Å². The van der Waals surface area contributed by atoms with Crippen molar-refractivity contribution in [1.82, 2.24) is 9.55 Å². The summed E-state index contributed by atoms with van der Waals surface area (Å²) >= 11 is 0. The lowest BCUT2D eigenvalue weighted by Gasteiger charge is -2.11. The minimum Gasteiger partial charge on any atom is -0.454 e. The molecule has 7 heteroatoms. The molecule has 3 heterocycles. The van der Waals surface area contributed by atoms with Crippen LogP contribution < -0.4 is 19.8 Å². The normalized spacial score (nSPS) is 15.1. The maximum atomic E-state index is 12.8. The third kappa shape index (κ3) is 2.89. The Balaban J connectivity index is 1.47. The Morgan fingerprint density at radius 3 is 2.86 bits per heavy atom. The molecule has 7 nitrogen and oxygen atoms in total. The number of benzene rings is 2. The fourth-order valence-corrected chi connectivity index (χ4v) is 3.65. The lowest BCUT2D eigenvalue weighted by molar-refractivity contribution is 0.0734. The van der Waals surface area contributed by atoms with Gasteiger partial charge in [-0.1, -0.05) is 6.42 Å². The van der Waals surface area contributed by atoms with Crippen molar-refractivity contribution in [3.8, 4) is 17.2 Å². The Morgan fingerprint density at radius 2 is 1.93 bits per heavy atom. The van der Waals surface area contributed by atoms with E-state index in [0.717, 1.165) is 31.5 Å². The van der Waals surface area contributed by atoms with Gasteiger partial charge in [0.2, 0.25) is 6.79 Å². The molecule has 0 amide bonds. The molecule has 0 saturated carbocycles. The van der Waals surface area contributed by atoms with Gasteiger partial charge in [0, 0.05) is 19.0 Å². The zero-order valence-electron chi connectivity index (χ0n) is 15.1. The molecule has 0 atom stereocenters. The number of ether oxygens (including phenoxy) is 3. The number of nitrogens with zero attached hydrogens (tertiary/aromatic N) is 2. The van der Waals surface area contributed by atoms with E-state index >= 15 is 0 Å². The van der Waals surface area contributed by atoms with E-state index in [-0.39, 0.29) is 12.4 Å². The van der Waals surface area contributed by atoms with E-state index < -0.39 is 5.97 Å². The molecule has 142 valence electrons. The zero-order chi connectivity index (χ0) is 19.1. The van der Waals surface area contributed by atoms with Crippen molar-refractivity contribution in [2.24, 2.45) is 0 Å². The monoisotopic (exact) mass is 378 g/mol. The van der Waals surface area contributed by atoms with Crippen LogP contribution in [0.4, 0.5) is 0 Å². The molecule has 5 rings (SSSR count). The molecule has 1 aromatic heterocycles. The van der Waals surface area contributed by atoms with Crippen LogP contribution in [0.25, 0.3) is 10.9 Å². The second kappa shape index (κ2) is 6.67. The minimum absolute atomic E-state index is 0.0439. The van der Waals surface area contributed by atoms with Gasteiger partial charge in [-0.15, -0.1) is 0 Å². The van der Waals surface area contributed by atoms with Crippen molar-refractivity contribution in [3.05, 3.63) is 58.1 Å². The van der Waals surface area contributed by atoms with E-state index in [1.165, 1.54) is 0 Å². The maximum Gasteiger partial charge on any atom is 0.343 e. The molecule has 28 heavy (non-hydrogen) atoms. The average molecular weight is 378 g/mol. The number of hydrogen-bond donors (Lipinski definition) is 0. The molecule has 2 aromatic carbocycles. The zero-order valence-corrected chi connectivity index (χ0v) is 15.1. The molecule has 0 fully saturated rings. The summed E-state index contributed by atoms with van der Waals surface area (Å²) in [6, 6.07) is 9.84. The number of hydrogen-bond acceptors (Lipinski definition) is 6. The van der Waals surface area contributed by atoms with Crippen LogP contribution >= 0.6 is 0 Å². The second-order valence-electron chi connectivity index (χ2n) is 6.93. The van der Waals surface area contributed by atoms with Gasteiger partial charge in [-0.3, -0.25) is 9.36 Å². The summed E-state index contributed by atoms with van der Waals surface area (Å²) in [4.78, 5) is 30.0. The van der Waals surface area contributed by atoms with Crippen molar-refractivity contribution < 1.29 is 19.0 Å². The van der Waals surface area contributed by atoms with E-state index in [1.807, 2.05) is 0 Å².